The van der Waals surface area contributed by atoms with Gasteiger partial charge in [0, 0.05) is 5.56 Å². The molecule has 96 valence electrons. The highest BCUT2D eigenvalue weighted by Gasteiger charge is 2.33. The van der Waals surface area contributed by atoms with Gasteiger partial charge < -0.3 is 0 Å². The Balaban J connectivity index is 3.51. The van der Waals surface area contributed by atoms with Crippen LogP contribution in [0, 0.1) is 0 Å². The molecule has 0 radical (unpaired) electrons. The minimum atomic E-state index is -5.47. The molecule has 1 aromatic rings. The van der Waals surface area contributed by atoms with Gasteiger partial charge in [-0.15, -0.1) is 3.89 Å². The smallest absolute Gasteiger partial charge is 0.205 e. The Hall–Kier alpha value is -1.25. The lowest BCUT2D eigenvalue weighted by Crippen LogP contribution is -2.08. The molecule has 0 unspecified atom stereocenters. The van der Waals surface area contributed by atoms with Gasteiger partial charge in [0.2, 0.25) is 0 Å². The maximum absolute atomic E-state index is 12.5. The highest BCUT2D eigenvalue weighted by Crippen LogP contribution is 2.34. The van der Waals surface area contributed by atoms with E-state index < -0.39 is 38.8 Å². The third kappa shape index (κ3) is 3.35. The Morgan fingerprint density at radius 2 is 1.59 bits per heavy atom. The maximum Gasteiger partial charge on any atom is 0.416 e. The summed E-state index contributed by atoms with van der Waals surface area (Å²) in [6.07, 6.45) is -8.37. The molecule has 1 rings (SSSR count). The molecule has 0 heterocycles. The zero-order valence-electron chi connectivity index (χ0n) is 7.80. The van der Waals surface area contributed by atoms with Crippen molar-refractivity contribution in [3.05, 3.63) is 29.3 Å². The van der Waals surface area contributed by atoms with Crippen molar-refractivity contribution in [1.82, 2.24) is 0 Å². The van der Waals surface area contributed by atoms with Crippen molar-refractivity contribution < 1.29 is 34.3 Å². The number of halogens is 6. The number of hydrogen-bond acceptors (Lipinski definition) is 2. The van der Waals surface area contributed by atoms with Gasteiger partial charge in [0.15, 0.2) is 0 Å². The molecule has 0 aliphatic heterocycles. The zero-order valence-corrected chi connectivity index (χ0v) is 8.62. The van der Waals surface area contributed by atoms with Crippen LogP contribution in [0.15, 0.2) is 23.1 Å². The summed E-state index contributed by atoms with van der Waals surface area (Å²) < 4.78 is 94.5. The molecule has 0 saturated carbocycles. The second-order valence-electron chi connectivity index (χ2n) is 3.03. The largest absolute Gasteiger partial charge is 0.416 e. The van der Waals surface area contributed by atoms with Crippen LogP contribution in [0.5, 0.6) is 0 Å². The summed E-state index contributed by atoms with van der Waals surface area (Å²) in [5.74, 6) is 0. The van der Waals surface area contributed by atoms with Crippen LogP contribution in [0.4, 0.5) is 25.8 Å². The third-order valence-corrected chi connectivity index (χ3v) is 2.59. The normalized spacial score (nSPS) is 13.1. The number of benzene rings is 1. The Labute approximate surface area is 92.1 Å². The molecular weight excluding hydrogens is 274 g/mol. The predicted octanol–water partition coefficient (Wildman–Crippen LogP) is 3.30. The van der Waals surface area contributed by atoms with Gasteiger partial charge in [-0.2, -0.15) is 21.6 Å². The lowest BCUT2D eigenvalue weighted by molar-refractivity contribution is -0.137. The highest BCUT2D eigenvalue weighted by molar-refractivity contribution is 7.86. The Bertz CT molecular complexity index is 519. The Morgan fingerprint density at radius 1 is 1.06 bits per heavy atom. The fourth-order valence-corrected chi connectivity index (χ4v) is 1.60. The van der Waals surface area contributed by atoms with Crippen molar-refractivity contribution in [2.45, 2.75) is 17.5 Å². The summed E-state index contributed by atoms with van der Waals surface area (Å²) in [6.45, 7) is 0. The molecule has 1 aromatic carbocycles. The van der Waals surface area contributed by atoms with Crippen LogP contribution < -0.4 is 0 Å². The first kappa shape index (κ1) is 13.8. The van der Waals surface area contributed by atoms with Gasteiger partial charge in [0.1, 0.15) is 0 Å². The summed E-state index contributed by atoms with van der Waals surface area (Å²) >= 11 is 0. The lowest BCUT2D eigenvalue weighted by atomic mass is 10.1. The molecule has 0 N–H and O–H groups in total. The van der Waals surface area contributed by atoms with Crippen molar-refractivity contribution in [2.75, 3.05) is 0 Å². The average molecular weight is 278 g/mol. The first-order valence-corrected chi connectivity index (χ1v) is 5.35. The van der Waals surface area contributed by atoms with E-state index in [0.717, 1.165) is 0 Å². The van der Waals surface area contributed by atoms with Gasteiger partial charge in [-0.3, -0.25) is 0 Å². The van der Waals surface area contributed by atoms with E-state index in [-0.39, 0.29) is 18.2 Å². The SMILES string of the molecule is O=S(=O)(F)c1cc(C(F)F)cc(C(F)(F)F)c1. The molecule has 9 heteroatoms. The van der Waals surface area contributed by atoms with Crippen LogP contribution >= 0.6 is 0 Å². The minimum Gasteiger partial charge on any atom is -0.205 e. The van der Waals surface area contributed by atoms with Gasteiger partial charge in [-0.25, -0.2) is 8.78 Å². The van der Waals surface area contributed by atoms with E-state index in [1.54, 1.807) is 0 Å². The van der Waals surface area contributed by atoms with Gasteiger partial charge in [0.25, 0.3) is 6.43 Å². The van der Waals surface area contributed by atoms with Gasteiger partial charge in [-0.1, -0.05) is 0 Å². The molecule has 0 atom stereocenters. The van der Waals surface area contributed by atoms with Crippen molar-refractivity contribution in [3.8, 4) is 0 Å². The molecule has 0 aliphatic carbocycles. The van der Waals surface area contributed by atoms with E-state index in [1.807, 2.05) is 0 Å². The van der Waals surface area contributed by atoms with Gasteiger partial charge in [-0.05, 0) is 18.2 Å². The molecule has 0 saturated heterocycles. The van der Waals surface area contributed by atoms with Crippen LogP contribution in [-0.2, 0) is 16.4 Å². The van der Waals surface area contributed by atoms with E-state index in [9.17, 15) is 34.3 Å². The molecule has 0 aliphatic rings. The second kappa shape index (κ2) is 4.21. The van der Waals surface area contributed by atoms with Crippen molar-refractivity contribution >= 4 is 10.2 Å². The van der Waals surface area contributed by atoms with E-state index >= 15 is 0 Å². The number of alkyl halides is 5. The first-order chi connectivity index (χ1) is 7.51. The quantitative estimate of drug-likeness (QED) is 0.614. The van der Waals surface area contributed by atoms with E-state index in [4.69, 9.17) is 0 Å². The van der Waals surface area contributed by atoms with Crippen LogP contribution in [-0.4, -0.2) is 8.42 Å². The topological polar surface area (TPSA) is 34.1 Å². The van der Waals surface area contributed by atoms with E-state index in [2.05, 4.69) is 0 Å². The van der Waals surface area contributed by atoms with E-state index in [0.29, 0.717) is 0 Å². The van der Waals surface area contributed by atoms with E-state index in [1.165, 1.54) is 0 Å². The molecular formula is C8H4F6O2S. The molecule has 17 heavy (non-hydrogen) atoms. The standard InChI is InChI=1S/C8H4F6O2S/c9-7(10)4-1-5(8(11,12)13)3-6(2-4)17(14,15)16/h1-3,7H. The summed E-state index contributed by atoms with van der Waals surface area (Å²) in [4.78, 5) is -1.44. The summed E-state index contributed by atoms with van der Waals surface area (Å²) in [5.41, 5.74) is -2.86. The minimum absolute atomic E-state index is 0.0405. The average Bonchev–Trinajstić information content (AvgIpc) is 2.14. The number of hydrogen-bond donors (Lipinski definition) is 0. The fraction of sp³-hybridized carbons (Fsp3) is 0.250. The number of rotatable bonds is 2. The van der Waals surface area contributed by atoms with Crippen molar-refractivity contribution in [2.24, 2.45) is 0 Å². The van der Waals surface area contributed by atoms with Crippen LogP contribution in [0.3, 0.4) is 0 Å². The van der Waals surface area contributed by atoms with Crippen molar-refractivity contribution in [1.29, 1.82) is 0 Å². The molecule has 0 aromatic heterocycles. The van der Waals surface area contributed by atoms with Crippen molar-refractivity contribution in [3.63, 3.8) is 0 Å². The second-order valence-corrected chi connectivity index (χ2v) is 4.37. The van der Waals surface area contributed by atoms with Crippen LogP contribution in [0.2, 0.25) is 0 Å². The highest BCUT2D eigenvalue weighted by atomic mass is 32.3. The molecule has 0 spiro atoms. The Morgan fingerprint density at radius 3 is 1.94 bits per heavy atom. The summed E-state index contributed by atoms with van der Waals surface area (Å²) in [6, 6.07) is 0.190. The van der Waals surface area contributed by atoms with Crippen LogP contribution in [0.1, 0.15) is 17.6 Å². The zero-order chi connectivity index (χ0) is 13.4. The molecule has 0 bridgehead atoms. The summed E-state index contributed by atoms with van der Waals surface area (Å²) in [5, 5.41) is 0. The van der Waals surface area contributed by atoms with Crippen LogP contribution in [0.25, 0.3) is 0 Å². The van der Waals surface area contributed by atoms with Gasteiger partial charge >= 0.3 is 16.4 Å². The summed E-state index contributed by atoms with van der Waals surface area (Å²) in [7, 11) is -5.47. The predicted molar refractivity (Wildman–Crippen MR) is 44.7 cm³/mol. The Kier molecular flexibility index (Phi) is 3.42. The maximum atomic E-state index is 12.5. The lowest BCUT2D eigenvalue weighted by Gasteiger charge is -2.10. The fourth-order valence-electron chi connectivity index (χ4n) is 1.05. The van der Waals surface area contributed by atoms with Gasteiger partial charge in [0.05, 0.1) is 10.5 Å². The molecule has 2 nitrogen and oxygen atoms in total. The molecule has 0 fully saturated rings. The monoisotopic (exact) mass is 278 g/mol. The third-order valence-electron chi connectivity index (χ3n) is 1.79. The first-order valence-electron chi connectivity index (χ1n) is 3.97. The molecule has 0 amide bonds.